The first-order chi connectivity index (χ1) is 8.06. The molecule has 1 aromatic heterocycles. The van der Waals surface area contributed by atoms with Gasteiger partial charge in [-0.05, 0) is 29.0 Å². The van der Waals surface area contributed by atoms with Crippen molar-refractivity contribution in [1.29, 1.82) is 0 Å². The summed E-state index contributed by atoms with van der Waals surface area (Å²) in [7, 11) is 3.20. The van der Waals surface area contributed by atoms with E-state index < -0.39 is 0 Å². The zero-order valence-corrected chi connectivity index (χ0v) is 11.9. The Morgan fingerprint density at radius 2 is 2.35 bits per heavy atom. The van der Waals surface area contributed by atoms with Crippen LogP contribution in [0.4, 0.5) is 5.82 Å². The second kappa shape index (κ2) is 6.58. The second-order valence-electron chi connectivity index (χ2n) is 3.47. The van der Waals surface area contributed by atoms with Crippen molar-refractivity contribution in [2.75, 3.05) is 25.6 Å². The van der Waals surface area contributed by atoms with E-state index in [2.05, 4.69) is 14.7 Å². The standard InChI is InChI=1S/C10H14IN3O3/c1-14(5-3-4-7(15)17-2)9-8(11)10(16)13-6-12-9/h6H,3-5H2,1-2H3,(H,12,13,16). The molecule has 0 amide bonds. The topological polar surface area (TPSA) is 75.3 Å². The third kappa shape index (κ3) is 3.99. The molecular formula is C10H14IN3O3. The first-order valence-corrected chi connectivity index (χ1v) is 6.15. The molecule has 6 nitrogen and oxygen atoms in total. The summed E-state index contributed by atoms with van der Waals surface area (Å²) in [5.74, 6) is 0.395. The van der Waals surface area contributed by atoms with Crippen molar-refractivity contribution in [1.82, 2.24) is 9.97 Å². The number of carbonyl (C=O) groups is 1. The lowest BCUT2D eigenvalue weighted by atomic mass is 10.3. The molecule has 1 N–H and O–H groups in total. The van der Waals surface area contributed by atoms with Crippen LogP contribution in [0.1, 0.15) is 12.8 Å². The number of nitrogens with one attached hydrogen (secondary N) is 1. The molecule has 0 fully saturated rings. The number of anilines is 1. The fourth-order valence-electron chi connectivity index (χ4n) is 1.31. The molecule has 1 aromatic rings. The number of hydrogen-bond acceptors (Lipinski definition) is 5. The van der Waals surface area contributed by atoms with Gasteiger partial charge in [0.25, 0.3) is 5.56 Å². The van der Waals surface area contributed by atoms with Gasteiger partial charge in [-0.2, -0.15) is 0 Å². The van der Waals surface area contributed by atoms with Gasteiger partial charge in [-0.25, -0.2) is 4.98 Å². The first kappa shape index (κ1) is 13.9. The van der Waals surface area contributed by atoms with Gasteiger partial charge in [-0.3, -0.25) is 9.59 Å². The number of hydrogen-bond donors (Lipinski definition) is 1. The van der Waals surface area contributed by atoms with Gasteiger partial charge in [0.2, 0.25) is 0 Å². The molecule has 0 aromatic carbocycles. The molecule has 0 unspecified atom stereocenters. The molecule has 0 aliphatic carbocycles. The van der Waals surface area contributed by atoms with Crippen molar-refractivity contribution < 1.29 is 9.53 Å². The van der Waals surface area contributed by atoms with Gasteiger partial charge in [0.1, 0.15) is 9.39 Å². The van der Waals surface area contributed by atoms with Crippen LogP contribution < -0.4 is 10.5 Å². The number of nitrogens with zero attached hydrogens (tertiary/aromatic N) is 2. The summed E-state index contributed by atoms with van der Waals surface area (Å²) < 4.78 is 5.10. The Morgan fingerprint density at radius 3 is 3.00 bits per heavy atom. The van der Waals surface area contributed by atoms with E-state index >= 15 is 0 Å². The minimum Gasteiger partial charge on any atom is -0.469 e. The first-order valence-electron chi connectivity index (χ1n) is 5.07. The molecular weight excluding hydrogens is 337 g/mol. The highest BCUT2D eigenvalue weighted by Crippen LogP contribution is 2.13. The van der Waals surface area contributed by atoms with Crippen molar-refractivity contribution in [2.45, 2.75) is 12.8 Å². The van der Waals surface area contributed by atoms with Crippen LogP contribution in [-0.4, -0.2) is 36.6 Å². The lowest BCUT2D eigenvalue weighted by Crippen LogP contribution is -2.25. The molecule has 0 saturated heterocycles. The number of halogens is 1. The molecule has 0 spiro atoms. The minimum absolute atomic E-state index is 0.157. The molecule has 0 saturated carbocycles. The highest BCUT2D eigenvalue weighted by Gasteiger charge is 2.10. The third-order valence-electron chi connectivity index (χ3n) is 2.24. The highest BCUT2D eigenvalue weighted by molar-refractivity contribution is 14.1. The van der Waals surface area contributed by atoms with Crippen LogP contribution >= 0.6 is 22.6 Å². The average molecular weight is 351 g/mol. The van der Waals surface area contributed by atoms with Gasteiger partial charge in [0, 0.05) is 20.0 Å². The Hall–Kier alpha value is -1.12. The second-order valence-corrected chi connectivity index (χ2v) is 4.55. The van der Waals surface area contributed by atoms with Crippen LogP contribution in [0.5, 0.6) is 0 Å². The fourth-order valence-corrected chi connectivity index (χ4v) is 2.02. The molecule has 94 valence electrons. The Labute approximate surface area is 113 Å². The molecule has 0 bridgehead atoms. The third-order valence-corrected chi connectivity index (χ3v) is 3.21. The van der Waals surface area contributed by atoms with Gasteiger partial charge < -0.3 is 14.6 Å². The van der Waals surface area contributed by atoms with Crippen LogP contribution in [0.25, 0.3) is 0 Å². The number of H-pyrrole nitrogens is 1. The van der Waals surface area contributed by atoms with Crippen LogP contribution in [0, 0.1) is 3.57 Å². The number of carbonyl (C=O) groups excluding carboxylic acids is 1. The summed E-state index contributed by atoms with van der Waals surface area (Å²) in [6.45, 7) is 0.640. The average Bonchev–Trinajstić information content (AvgIpc) is 2.32. The zero-order valence-electron chi connectivity index (χ0n) is 9.70. The van der Waals surface area contributed by atoms with Crippen molar-refractivity contribution in [3.8, 4) is 0 Å². The maximum absolute atomic E-state index is 11.4. The number of aromatic nitrogens is 2. The number of rotatable bonds is 5. The summed E-state index contributed by atoms with van der Waals surface area (Å²) in [6.07, 6.45) is 2.39. The van der Waals surface area contributed by atoms with Crippen LogP contribution in [0.2, 0.25) is 0 Å². The molecule has 17 heavy (non-hydrogen) atoms. The summed E-state index contributed by atoms with van der Waals surface area (Å²) in [6, 6.07) is 0. The predicted molar refractivity (Wildman–Crippen MR) is 72.1 cm³/mol. The largest absolute Gasteiger partial charge is 0.469 e. The fraction of sp³-hybridized carbons (Fsp3) is 0.500. The Morgan fingerprint density at radius 1 is 1.65 bits per heavy atom. The lowest BCUT2D eigenvalue weighted by Gasteiger charge is -2.18. The van der Waals surface area contributed by atoms with Gasteiger partial charge in [-0.15, -0.1) is 0 Å². The van der Waals surface area contributed by atoms with E-state index in [0.29, 0.717) is 28.8 Å². The van der Waals surface area contributed by atoms with E-state index in [1.54, 1.807) is 0 Å². The van der Waals surface area contributed by atoms with Crippen LogP contribution in [0.15, 0.2) is 11.1 Å². The van der Waals surface area contributed by atoms with E-state index in [-0.39, 0.29) is 11.5 Å². The number of methoxy groups -OCH3 is 1. The molecule has 0 aliphatic rings. The lowest BCUT2D eigenvalue weighted by molar-refractivity contribution is -0.140. The summed E-state index contributed by atoms with van der Waals surface area (Å²) in [5.41, 5.74) is -0.157. The summed E-state index contributed by atoms with van der Waals surface area (Å²) >= 11 is 1.95. The van der Waals surface area contributed by atoms with Crippen LogP contribution in [-0.2, 0) is 9.53 Å². The molecule has 1 heterocycles. The summed E-state index contributed by atoms with van der Waals surface area (Å²) in [4.78, 5) is 30.8. The van der Waals surface area contributed by atoms with Gasteiger partial charge in [0.05, 0.1) is 13.4 Å². The molecule has 1 rings (SSSR count). The van der Waals surface area contributed by atoms with E-state index in [9.17, 15) is 9.59 Å². The SMILES string of the molecule is COC(=O)CCCN(C)c1nc[nH]c(=O)c1I. The number of esters is 1. The quantitative estimate of drug-likeness (QED) is 0.626. The monoisotopic (exact) mass is 351 g/mol. The van der Waals surface area contributed by atoms with Crippen LogP contribution in [0.3, 0.4) is 0 Å². The normalized spacial score (nSPS) is 10.1. The summed E-state index contributed by atoms with van der Waals surface area (Å²) in [5, 5.41) is 0. The molecule has 0 aliphatic heterocycles. The van der Waals surface area contributed by atoms with Gasteiger partial charge >= 0.3 is 5.97 Å². The maximum Gasteiger partial charge on any atom is 0.305 e. The maximum atomic E-state index is 11.4. The molecule has 0 radical (unpaired) electrons. The predicted octanol–water partition coefficient (Wildman–Crippen LogP) is 0.764. The van der Waals surface area contributed by atoms with Gasteiger partial charge in [0.15, 0.2) is 0 Å². The van der Waals surface area contributed by atoms with E-state index in [1.165, 1.54) is 13.4 Å². The minimum atomic E-state index is -0.230. The van der Waals surface area contributed by atoms with Crippen molar-refractivity contribution in [3.05, 3.63) is 20.3 Å². The van der Waals surface area contributed by atoms with Gasteiger partial charge in [-0.1, -0.05) is 0 Å². The Kier molecular flexibility index (Phi) is 5.39. The van der Waals surface area contributed by atoms with Crippen molar-refractivity contribution in [2.24, 2.45) is 0 Å². The van der Waals surface area contributed by atoms with E-state index in [0.717, 1.165) is 0 Å². The molecule has 7 heteroatoms. The molecule has 0 atom stereocenters. The Bertz CT molecular complexity index is 447. The van der Waals surface area contributed by atoms with E-state index in [4.69, 9.17) is 0 Å². The van der Waals surface area contributed by atoms with Crippen molar-refractivity contribution in [3.63, 3.8) is 0 Å². The smallest absolute Gasteiger partial charge is 0.305 e. The number of ether oxygens (including phenoxy) is 1. The highest BCUT2D eigenvalue weighted by atomic mass is 127. The van der Waals surface area contributed by atoms with E-state index in [1.807, 2.05) is 34.5 Å². The van der Waals surface area contributed by atoms with Crippen molar-refractivity contribution >= 4 is 34.4 Å². The number of aromatic amines is 1. The zero-order chi connectivity index (χ0) is 12.8. The Balaban J connectivity index is 2.58.